The van der Waals surface area contributed by atoms with E-state index in [9.17, 15) is 9.59 Å². The molecule has 0 saturated heterocycles. The van der Waals surface area contributed by atoms with E-state index >= 15 is 0 Å². The molecule has 0 bridgehead atoms. The monoisotopic (exact) mass is 599 g/mol. The standard InChI is InChI=1S/C21H17Br2Cl2N5O2/c1-10(11-4-5-11)27-20(31)13-7-12(22)8-15(25)18(13)28-21(32)16-9-17(23)29-30(16)19-14(24)3-2-6-26-19/h2-3,6-11H,4-5H2,1H3,(H,27,31)(H,28,32). The molecule has 1 aromatic carbocycles. The molecule has 1 atom stereocenters. The van der Waals surface area contributed by atoms with Crippen molar-refractivity contribution >= 4 is 72.6 Å². The summed E-state index contributed by atoms with van der Waals surface area (Å²) in [6, 6.07) is 8.13. The second-order valence-electron chi connectivity index (χ2n) is 7.44. The molecule has 3 aromatic rings. The van der Waals surface area contributed by atoms with Gasteiger partial charge in [0.1, 0.15) is 10.3 Å². The first-order valence-electron chi connectivity index (χ1n) is 9.72. The lowest BCUT2D eigenvalue weighted by Crippen LogP contribution is -2.34. The van der Waals surface area contributed by atoms with E-state index < -0.39 is 5.91 Å². The number of carbonyl (C=O) groups is 2. The first-order chi connectivity index (χ1) is 15.2. The number of anilines is 1. The summed E-state index contributed by atoms with van der Waals surface area (Å²) in [4.78, 5) is 30.4. The molecular formula is C21H17Br2Cl2N5O2. The molecule has 1 aliphatic rings. The first-order valence-corrected chi connectivity index (χ1v) is 12.1. The number of amides is 2. The van der Waals surface area contributed by atoms with E-state index in [1.807, 2.05) is 6.92 Å². The Kier molecular flexibility index (Phi) is 6.90. The molecule has 1 fully saturated rings. The first kappa shape index (κ1) is 23.2. The molecule has 0 radical (unpaired) electrons. The van der Waals surface area contributed by atoms with Crippen molar-refractivity contribution in [2.24, 2.45) is 5.92 Å². The summed E-state index contributed by atoms with van der Waals surface area (Å²) in [5.74, 6) is -0.0682. The highest BCUT2D eigenvalue weighted by atomic mass is 79.9. The Labute approximate surface area is 211 Å². The Morgan fingerprint density at radius 3 is 2.59 bits per heavy atom. The van der Waals surface area contributed by atoms with Gasteiger partial charge in [0, 0.05) is 22.8 Å². The molecule has 2 N–H and O–H groups in total. The van der Waals surface area contributed by atoms with Crippen molar-refractivity contribution in [2.75, 3.05) is 5.32 Å². The second kappa shape index (κ2) is 9.51. The third kappa shape index (κ3) is 5.01. The van der Waals surface area contributed by atoms with Gasteiger partial charge < -0.3 is 10.6 Å². The van der Waals surface area contributed by atoms with Crippen molar-refractivity contribution in [3.8, 4) is 5.82 Å². The van der Waals surface area contributed by atoms with E-state index in [1.165, 1.54) is 10.7 Å². The summed E-state index contributed by atoms with van der Waals surface area (Å²) < 4.78 is 2.36. The lowest BCUT2D eigenvalue weighted by molar-refractivity contribution is 0.0936. The van der Waals surface area contributed by atoms with Crippen LogP contribution < -0.4 is 10.6 Å². The van der Waals surface area contributed by atoms with Crippen LogP contribution >= 0.6 is 55.1 Å². The van der Waals surface area contributed by atoms with Crippen LogP contribution in [0.3, 0.4) is 0 Å². The van der Waals surface area contributed by atoms with Crippen molar-refractivity contribution in [2.45, 2.75) is 25.8 Å². The number of carbonyl (C=O) groups excluding carboxylic acids is 2. The lowest BCUT2D eigenvalue weighted by Gasteiger charge is -2.17. The molecule has 0 spiro atoms. The van der Waals surface area contributed by atoms with Crippen molar-refractivity contribution < 1.29 is 9.59 Å². The Morgan fingerprint density at radius 2 is 1.91 bits per heavy atom. The van der Waals surface area contributed by atoms with E-state index in [1.54, 1.807) is 30.5 Å². The SMILES string of the molecule is CC(NC(=O)c1cc(Br)cc(Cl)c1NC(=O)c1cc(Br)nn1-c1ncccc1Cl)C1CC1. The maximum atomic E-state index is 13.2. The van der Waals surface area contributed by atoms with Gasteiger partial charge in [0.05, 0.1) is 21.3 Å². The van der Waals surface area contributed by atoms with Crippen LogP contribution in [-0.4, -0.2) is 32.6 Å². The fraction of sp³-hybridized carbons (Fsp3) is 0.238. The molecule has 11 heteroatoms. The molecular weight excluding hydrogens is 585 g/mol. The van der Waals surface area contributed by atoms with Gasteiger partial charge >= 0.3 is 0 Å². The fourth-order valence-electron chi connectivity index (χ4n) is 3.26. The predicted molar refractivity (Wildman–Crippen MR) is 131 cm³/mol. The number of pyridine rings is 1. The second-order valence-corrected chi connectivity index (χ2v) is 9.98. The quantitative estimate of drug-likeness (QED) is 0.369. The van der Waals surface area contributed by atoms with Crippen LogP contribution in [0.5, 0.6) is 0 Å². The number of halogens is 4. The minimum Gasteiger partial charge on any atom is -0.349 e. The Bertz CT molecular complexity index is 1210. The number of hydrogen-bond acceptors (Lipinski definition) is 4. The minimum absolute atomic E-state index is 0.0347. The maximum absolute atomic E-state index is 13.2. The summed E-state index contributed by atoms with van der Waals surface area (Å²) in [5.41, 5.74) is 0.622. The van der Waals surface area contributed by atoms with Gasteiger partial charge in [-0.25, -0.2) is 9.67 Å². The van der Waals surface area contributed by atoms with Crippen LogP contribution in [0.15, 0.2) is 45.6 Å². The third-order valence-electron chi connectivity index (χ3n) is 5.08. The maximum Gasteiger partial charge on any atom is 0.274 e. The Morgan fingerprint density at radius 1 is 1.16 bits per heavy atom. The molecule has 2 heterocycles. The molecule has 1 aliphatic carbocycles. The summed E-state index contributed by atoms with van der Waals surface area (Å²) in [6.07, 6.45) is 3.74. The van der Waals surface area contributed by atoms with E-state index in [4.69, 9.17) is 23.2 Å². The van der Waals surface area contributed by atoms with Crippen molar-refractivity contribution in [1.82, 2.24) is 20.1 Å². The number of aromatic nitrogens is 3. The summed E-state index contributed by atoms with van der Waals surface area (Å²) >= 11 is 19.3. The average molecular weight is 602 g/mol. The smallest absolute Gasteiger partial charge is 0.274 e. The molecule has 2 aromatic heterocycles. The van der Waals surface area contributed by atoms with Crippen molar-refractivity contribution in [3.05, 3.63) is 66.9 Å². The fourth-order valence-corrected chi connectivity index (χ4v) is 4.70. The zero-order valence-electron chi connectivity index (χ0n) is 16.7. The van der Waals surface area contributed by atoms with Crippen LogP contribution in [0.4, 0.5) is 5.69 Å². The molecule has 7 nitrogen and oxygen atoms in total. The Balaban J connectivity index is 1.67. The van der Waals surface area contributed by atoms with Gasteiger partial charge in [0.15, 0.2) is 5.82 Å². The van der Waals surface area contributed by atoms with Crippen molar-refractivity contribution in [3.63, 3.8) is 0 Å². The van der Waals surface area contributed by atoms with Crippen LogP contribution in [0.2, 0.25) is 10.0 Å². The highest BCUT2D eigenvalue weighted by Crippen LogP contribution is 2.34. The van der Waals surface area contributed by atoms with E-state index in [-0.39, 0.29) is 33.9 Å². The van der Waals surface area contributed by atoms with Crippen LogP contribution in [0.1, 0.15) is 40.6 Å². The number of nitrogens with one attached hydrogen (secondary N) is 2. The van der Waals surface area contributed by atoms with Gasteiger partial charge in [-0.3, -0.25) is 9.59 Å². The molecule has 4 rings (SSSR count). The number of rotatable bonds is 6. The summed E-state index contributed by atoms with van der Waals surface area (Å²) in [7, 11) is 0. The topological polar surface area (TPSA) is 88.9 Å². The van der Waals surface area contributed by atoms with Crippen molar-refractivity contribution in [1.29, 1.82) is 0 Å². The number of benzene rings is 1. The van der Waals surface area contributed by atoms with Crippen LogP contribution in [0.25, 0.3) is 5.82 Å². The molecule has 1 saturated carbocycles. The van der Waals surface area contributed by atoms with Crippen LogP contribution in [0, 0.1) is 5.92 Å². The molecule has 166 valence electrons. The third-order valence-corrected chi connectivity index (χ3v) is 6.52. The van der Waals surface area contributed by atoms with Gasteiger partial charge in [0.25, 0.3) is 11.8 Å². The summed E-state index contributed by atoms with van der Waals surface area (Å²) in [5, 5.41) is 10.6. The normalized spacial score (nSPS) is 14.2. The zero-order valence-corrected chi connectivity index (χ0v) is 21.4. The van der Waals surface area contributed by atoms with Gasteiger partial charge in [-0.05, 0) is 65.9 Å². The molecule has 0 aliphatic heterocycles. The number of nitrogens with zero attached hydrogens (tertiary/aromatic N) is 3. The minimum atomic E-state index is -0.529. The van der Waals surface area contributed by atoms with Gasteiger partial charge in [-0.1, -0.05) is 39.1 Å². The molecule has 1 unspecified atom stereocenters. The highest BCUT2D eigenvalue weighted by molar-refractivity contribution is 9.10. The number of hydrogen-bond donors (Lipinski definition) is 2. The Hall–Kier alpha value is -1.94. The molecule has 32 heavy (non-hydrogen) atoms. The average Bonchev–Trinajstić information content (AvgIpc) is 3.52. The van der Waals surface area contributed by atoms with Gasteiger partial charge in [-0.2, -0.15) is 5.10 Å². The van der Waals surface area contributed by atoms with E-state index in [0.29, 0.717) is 25.8 Å². The lowest BCUT2D eigenvalue weighted by atomic mass is 10.1. The zero-order chi connectivity index (χ0) is 23.0. The summed E-state index contributed by atoms with van der Waals surface area (Å²) in [6.45, 7) is 1.97. The van der Waals surface area contributed by atoms with Gasteiger partial charge in [-0.15, -0.1) is 0 Å². The predicted octanol–water partition coefficient (Wildman–Crippen LogP) is 5.88. The highest BCUT2D eigenvalue weighted by Gasteiger charge is 2.30. The molecule has 2 amide bonds. The largest absolute Gasteiger partial charge is 0.349 e. The van der Waals surface area contributed by atoms with E-state index in [2.05, 4.69) is 52.6 Å². The van der Waals surface area contributed by atoms with Crippen LogP contribution in [-0.2, 0) is 0 Å². The van der Waals surface area contributed by atoms with Gasteiger partial charge in [0.2, 0.25) is 0 Å². The van der Waals surface area contributed by atoms with E-state index in [0.717, 1.165) is 12.8 Å².